The molecular weight excluding hydrogens is 369 g/mol. The van der Waals surface area contributed by atoms with E-state index in [2.05, 4.69) is 15.0 Å². The SMILES string of the molecule is O=C(c1cc(F)cc(-c2cnc3nccn3c2)c1)N1CCCC1c1cccnc1. The molecular formula is C22H18FN5O. The van der Waals surface area contributed by atoms with Crippen LogP contribution in [0, 0.1) is 5.82 Å². The highest BCUT2D eigenvalue weighted by molar-refractivity contribution is 5.96. The van der Waals surface area contributed by atoms with Gasteiger partial charge in [-0.05, 0) is 48.2 Å². The Bertz CT molecular complexity index is 1190. The van der Waals surface area contributed by atoms with E-state index < -0.39 is 5.82 Å². The summed E-state index contributed by atoms with van der Waals surface area (Å²) in [5.74, 6) is -0.0553. The first-order valence-electron chi connectivity index (χ1n) is 9.49. The van der Waals surface area contributed by atoms with Crippen LogP contribution in [0.25, 0.3) is 16.9 Å². The predicted octanol–water partition coefficient (Wildman–Crippen LogP) is 3.91. The number of benzene rings is 1. The molecule has 0 aliphatic carbocycles. The fraction of sp³-hybridized carbons (Fsp3) is 0.182. The van der Waals surface area contributed by atoms with Crippen LogP contribution in [-0.4, -0.2) is 36.7 Å². The van der Waals surface area contributed by atoms with E-state index >= 15 is 0 Å². The number of halogens is 1. The van der Waals surface area contributed by atoms with Gasteiger partial charge in [0, 0.05) is 54.9 Å². The maximum Gasteiger partial charge on any atom is 0.254 e. The summed E-state index contributed by atoms with van der Waals surface area (Å²) in [7, 11) is 0. The summed E-state index contributed by atoms with van der Waals surface area (Å²) in [5, 5.41) is 0. The third-order valence-electron chi connectivity index (χ3n) is 5.31. The second-order valence-electron chi connectivity index (χ2n) is 7.15. The molecule has 0 N–H and O–H groups in total. The van der Waals surface area contributed by atoms with Crippen molar-refractivity contribution in [3.63, 3.8) is 0 Å². The summed E-state index contributed by atoms with van der Waals surface area (Å²) in [5.41, 5.74) is 2.66. The van der Waals surface area contributed by atoms with Crippen LogP contribution in [0.1, 0.15) is 34.8 Å². The van der Waals surface area contributed by atoms with Crippen molar-refractivity contribution in [1.82, 2.24) is 24.3 Å². The molecule has 1 amide bonds. The molecule has 1 aromatic carbocycles. The number of amides is 1. The van der Waals surface area contributed by atoms with Crippen molar-refractivity contribution in [2.45, 2.75) is 18.9 Å². The Labute approximate surface area is 166 Å². The number of carbonyl (C=O) groups is 1. The normalized spacial score (nSPS) is 16.4. The molecule has 3 aromatic heterocycles. The number of rotatable bonds is 3. The van der Waals surface area contributed by atoms with Crippen LogP contribution >= 0.6 is 0 Å². The summed E-state index contributed by atoms with van der Waals surface area (Å²) < 4.78 is 16.2. The van der Waals surface area contributed by atoms with Crippen LogP contribution in [-0.2, 0) is 0 Å². The first kappa shape index (κ1) is 17.5. The van der Waals surface area contributed by atoms with Gasteiger partial charge in [0.1, 0.15) is 5.82 Å². The molecule has 1 unspecified atom stereocenters. The fourth-order valence-electron chi connectivity index (χ4n) is 3.94. The fourth-order valence-corrected chi connectivity index (χ4v) is 3.94. The van der Waals surface area contributed by atoms with Gasteiger partial charge in [0.25, 0.3) is 5.91 Å². The first-order valence-corrected chi connectivity index (χ1v) is 9.49. The molecule has 0 spiro atoms. The first-order chi connectivity index (χ1) is 14.2. The van der Waals surface area contributed by atoms with Crippen LogP contribution < -0.4 is 0 Å². The Morgan fingerprint density at radius 2 is 2.03 bits per heavy atom. The van der Waals surface area contributed by atoms with E-state index in [0.717, 1.165) is 18.4 Å². The number of pyridine rings is 1. The summed E-state index contributed by atoms with van der Waals surface area (Å²) in [6.07, 6.45) is 12.2. The number of aromatic nitrogens is 4. The zero-order valence-corrected chi connectivity index (χ0v) is 15.6. The predicted molar refractivity (Wildman–Crippen MR) is 106 cm³/mol. The molecule has 0 bridgehead atoms. The number of fused-ring (bicyclic) bond motifs is 1. The van der Waals surface area contributed by atoms with Crippen molar-refractivity contribution in [2.75, 3.05) is 6.54 Å². The Balaban J connectivity index is 1.50. The average molecular weight is 387 g/mol. The third kappa shape index (κ3) is 3.24. The van der Waals surface area contributed by atoms with Crippen molar-refractivity contribution in [1.29, 1.82) is 0 Å². The van der Waals surface area contributed by atoms with Gasteiger partial charge in [-0.2, -0.15) is 0 Å². The van der Waals surface area contributed by atoms with Gasteiger partial charge >= 0.3 is 0 Å². The lowest BCUT2D eigenvalue weighted by molar-refractivity contribution is 0.0735. The number of nitrogens with zero attached hydrogens (tertiary/aromatic N) is 5. The zero-order valence-electron chi connectivity index (χ0n) is 15.6. The molecule has 29 heavy (non-hydrogen) atoms. The van der Waals surface area contributed by atoms with Crippen molar-refractivity contribution in [2.24, 2.45) is 0 Å². The van der Waals surface area contributed by atoms with E-state index in [0.29, 0.717) is 29.0 Å². The molecule has 1 saturated heterocycles. The summed E-state index contributed by atoms with van der Waals surface area (Å²) in [6.45, 7) is 0.646. The largest absolute Gasteiger partial charge is 0.332 e. The monoisotopic (exact) mass is 387 g/mol. The van der Waals surface area contributed by atoms with Gasteiger partial charge in [-0.15, -0.1) is 0 Å². The molecule has 5 rings (SSSR count). The molecule has 7 heteroatoms. The van der Waals surface area contributed by atoms with Crippen molar-refractivity contribution in [3.8, 4) is 11.1 Å². The quantitative estimate of drug-likeness (QED) is 0.535. The zero-order chi connectivity index (χ0) is 19.8. The highest BCUT2D eigenvalue weighted by Gasteiger charge is 2.31. The highest BCUT2D eigenvalue weighted by atomic mass is 19.1. The van der Waals surface area contributed by atoms with E-state index in [9.17, 15) is 9.18 Å². The van der Waals surface area contributed by atoms with Crippen molar-refractivity contribution < 1.29 is 9.18 Å². The van der Waals surface area contributed by atoms with Gasteiger partial charge in [-0.25, -0.2) is 14.4 Å². The number of likely N-dealkylation sites (tertiary alicyclic amines) is 1. The molecule has 1 atom stereocenters. The van der Waals surface area contributed by atoms with E-state index in [1.54, 1.807) is 41.5 Å². The number of imidazole rings is 1. The van der Waals surface area contributed by atoms with Gasteiger partial charge in [0.15, 0.2) is 0 Å². The molecule has 1 aliphatic rings. The molecule has 144 valence electrons. The second kappa shape index (κ2) is 7.09. The van der Waals surface area contributed by atoms with E-state index in [1.165, 1.54) is 12.1 Å². The second-order valence-corrected chi connectivity index (χ2v) is 7.15. The summed E-state index contributed by atoms with van der Waals surface area (Å²) in [6, 6.07) is 8.26. The number of hydrogen-bond acceptors (Lipinski definition) is 4. The van der Waals surface area contributed by atoms with Crippen LogP contribution in [0.4, 0.5) is 4.39 Å². The minimum absolute atomic E-state index is 0.0353. The molecule has 4 aromatic rings. The Hall–Kier alpha value is -3.61. The maximum absolute atomic E-state index is 14.4. The van der Waals surface area contributed by atoms with Crippen LogP contribution in [0.3, 0.4) is 0 Å². The lowest BCUT2D eigenvalue weighted by Gasteiger charge is -2.25. The minimum atomic E-state index is -0.450. The van der Waals surface area contributed by atoms with Gasteiger partial charge < -0.3 is 4.90 Å². The lowest BCUT2D eigenvalue weighted by Crippen LogP contribution is -2.30. The van der Waals surface area contributed by atoms with Crippen molar-refractivity contribution in [3.05, 3.63) is 84.5 Å². The van der Waals surface area contributed by atoms with Gasteiger partial charge in [0.05, 0.1) is 6.04 Å². The highest BCUT2D eigenvalue weighted by Crippen LogP contribution is 2.33. The number of carbonyl (C=O) groups excluding carboxylic acids is 1. The van der Waals surface area contributed by atoms with Gasteiger partial charge in [-0.3, -0.25) is 14.2 Å². The van der Waals surface area contributed by atoms with Gasteiger partial charge in [0.2, 0.25) is 5.78 Å². The van der Waals surface area contributed by atoms with E-state index in [1.807, 2.05) is 23.2 Å². The smallest absolute Gasteiger partial charge is 0.254 e. The van der Waals surface area contributed by atoms with Crippen LogP contribution in [0.15, 0.2) is 67.5 Å². The molecule has 1 aliphatic heterocycles. The van der Waals surface area contributed by atoms with Crippen molar-refractivity contribution >= 4 is 11.7 Å². The van der Waals surface area contributed by atoms with Gasteiger partial charge in [-0.1, -0.05) is 6.07 Å². The Kier molecular flexibility index (Phi) is 4.27. The standard InChI is InChI=1S/C22H18FN5O/c23-19-10-16(18-13-26-22-25-6-8-27(22)14-18)9-17(11-19)21(29)28-7-2-4-20(28)15-3-1-5-24-12-15/h1,3,5-6,8-14,20H,2,4,7H2. The maximum atomic E-state index is 14.4. The Morgan fingerprint density at radius 1 is 1.10 bits per heavy atom. The topological polar surface area (TPSA) is 63.4 Å². The Morgan fingerprint density at radius 3 is 2.90 bits per heavy atom. The summed E-state index contributed by atoms with van der Waals surface area (Å²) in [4.78, 5) is 27.6. The molecule has 0 saturated carbocycles. The molecule has 4 heterocycles. The van der Waals surface area contributed by atoms with E-state index in [4.69, 9.17) is 0 Å². The minimum Gasteiger partial charge on any atom is -0.332 e. The third-order valence-corrected chi connectivity index (χ3v) is 5.31. The summed E-state index contributed by atoms with van der Waals surface area (Å²) >= 11 is 0. The number of hydrogen-bond donors (Lipinski definition) is 0. The molecule has 0 radical (unpaired) electrons. The van der Waals surface area contributed by atoms with E-state index in [-0.39, 0.29) is 11.9 Å². The molecule has 1 fully saturated rings. The lowest BCUT2D eigenvalue weighted by atomic mass is 10.0. The molecule has 6 nitrogen and oxygen atoms in total. The van der Waals surface area contributed by atoms with Crippen LogP contribution in [0.5, 0.6) is 0 Å². The van der Waals surface area contributed by atoms with Crippen LogP contribution in [0.2, 0.25) is 0 Å². The average Bonchev–Trinajstić information content (AvgIpc) is 3.42.